The minimum atomic E-state index is -0.820. The molecule has 1 unspecified atom stereocenters. The largest absolute Gasteiger partial charge is 0.462 e. The number of hydrogen-bond donors (Lipinski definition) is 0. The molecule has 0 saturated heterocycles. The van der Waals surface area contributed by atoms with Crippen LogP contribution in [0.15, 0.2) is 158 Å². The first-order valence-electron chi connectivity index (χ1n) is 32.0. The zero-order chi connectivity index (χ0) is 57.1. The van der Waals surface area contributed by atoms with Crippen molar-refractivity contribution in [1.82, 2.24) is 0 Å². The first-order valence-corrected chi connectivity index (χ1v) is 32.0. The van der Waals surface area contributed by atoms with E-state index in [2.05, 4.69) is 179 Å². The lowest BCUT2D eigenvalue weighted by Gasteiger charge is -2.18. The summed E-state index contributed by atoms with van der Waals surface area (Å²) in [5, 5.41) is 0. The lowest BCUT2D eigenvalue weighted by molar-refractivity contribution is -0.167. The number of esters is 3. The predicted molar refractivity (Wildman–Crippen MR) is 343 cm³/mol. The highest BCUT2D eigenvalue weighted by Gasteiger charge is 2.19. The molecule has 6 nitrogen and oxygen atoms in total. The Morgan fingerprint density at radius 1 is 0.266 bits per heavy atom. The lowest BCUT2D eigenvalue weighted by atomic mass is 10.1. The van der Waals surface area contributed by atoms with E-state index in [1.807, 2.05) is 0 Å². The maximum absolute atomic E-state index is 12.9. The van der Waals surface area contributed by atoms with E-state index >= 15 is 0 Å². The molecular formula is C73H116O6. The fraction of sp³-hybridized carbons (Fsp3) is 0.603. The van der Waals surface area contributed by atoms with Crippen LogP contribution in [0.3, 0.4) is 0 Å². The molecule has 0 amide bonds. The number of ether oxygens (including phenoxy) is 3. The Morgan fingerprint density at radius 2 is 0.519 bits per heavy atom. The molecule has 0 aliphatic rings. The van der Waals surface area contributed by atoms with Gasteiger partial charge in [-0.1, -0.05) is 262 Å². The quantitative estimate of drug-likeness (QED) is 0.0261. The second-order valence-corrected chi connectivity index (χ2v) is 20.6. The SMILES string of the molecule is CC/C=C\C/C=C\C/C=C\C/C=C\C/C=C\C/C=C\C/C=C\C/C=C\C/C=C\CCCC(=O)OCC(COC(=O)CCCCCCC/C=C\CCCC)OC(=O)CCCCCCCC/C=C\C/C=C\C/C=C\CCCCCCC. The highest BCUT2D eigenvalue weighted by Crippen LogP contribution is 2.13. The van der Waals surface area contributed by atoms with E-state index in [9.17, 15) is 14.4 Å². The Kier molecular flexibility index (Phi) is 61.4. The van der Waals surface area contributed by atoms with Crippen molar-refractivity contribution in [3.63, 3.8) is 0 Å². The summed E-state index contributed by atoms with van der Waals surface area (Å²) in [4.78, 5) is 38.2. The lowest BCUT2D eigenvalue weighted by Crippen LogP contribution is -2.30. The van der Waals surface area contributed by atoms with E-state index in [4.69, 9.17) is 14.2 Å². The van der Waals surface area contributed by atoms with E-state index < -0.39 is 6.10 Å². The molecule has 0 aliphatic heterocycles. The van der Waals surface area contributed by atoms with Gasteiger partial charge in [0, 0.05) is 19.3 Å². The Morgan fingerprint density at radius 3 is 0.873 bits per heavy atom. The molecule has 0 saturated carbocycles. The van der Waals surface area contributed by atoms with Gasteiger partial charge in [-0.05, 0) is 141 Å². The van der Waals surface area contributed by atoms with Crippen LogP contribution in [0.1, 0.15) is 265 Å². The van der Waals surface area contributed by atoms with E-state index in [0.717, 1.165) is 141 Å². The molecule has 0 rings (SSSR count). The van der Waals surface area contributed by atoms with Gasteiger partial charge in [-0.3, -0.25) is 14.4 Å². The fourth-order valence-corrected chi connectivity index (χ4v) is 8.20. The summed E-state index contributed by atoms with van der Waals surface area (Å²) in [6.45, 7) is 6.40. The van der Waals surface area contributed by atoms with Crippen LogP contribution in [-0.4, -0.2) is 37.2 Å². The Labute approximate surface area is 486 Å². The summed E-state index contributed by atoms with van der Waals surface area (Å²) in [5.41, 5.74) is 0. The van der Waals surface area contributed by atoms with Crippen LogP contribution in [0, 0.1) is 0 Å². The molecule has 0 aliphatic carbocycles. The molecule has 0 spiro atoms. The number of allylic oxidation sites excluding steroid dienone is 26. The van der Waals surface area contributed by atoms with Crippen LogP contribution in [0.5, 0.6) is 0 Å². The third-order valence-corrected chi connectivity index (χ3v) is 13.0. The van der Waals surface area contributed by atoms with Gasteiger partial charge in [0.05, 0.1) is 0 Å². The number of unbranched alkanes of at least 4 members (excludes halogenated alkanes) is 19. The monoisotopic (exact) mass is 1090 g/mol. The molecule has 0 heterocycles. The Bertz CT molecular complexity index is 1780. The van der Waals surface area contributed by atoms with Gasteiger partial charge in [0.25, 0.3) is 0 Å². The minimum Gasteiger partial charge on any atom is -0.462 e. The third-order valence-electron chi connectivity index (χ3n) is 13.0. The van der Waals surface area contributed by atoms with Crippen molar-refractivity contribution in [2.24, 2.45) is 0 Å². The van der Waals surface area contributed by atoms with Gasteiger partial charge >= 0.3 is 17.9 Å². The molecule has 1 atom stereocenters. The fourth-order valence-electron chi connectivity index (χ4n) is 8.20. The van der Waals surface area contributed by atoms with Crippen LogP contribution in [0.25, 0.3) is 0 Å². The molecule has 0 fully saturated rings. The highest BCUT2D eigenvalue weighted by molar-refractivity contribution is 5.71. The molecule has 0 N–H and O–H groups in total. The van der Waals surface area contributed by atoms with Gasteiger partial charge in [0.15, 0.2) is 6.10 Å². The summed E-state index contributed by atoms with van der Waals surface area (Å²) >= 11 is 0. The van der Waals surface area contributed by atoms with Gasteiger partial charge in [-0.25, -0.2) is 0 Å². The molecule has 0 aromatic carbocycles. The standard InChI is InChI=1S/C73H116O6/c1-4-7-10-13-16-19-22-24-26-28-30-32-33-34-35-36-37-38-39-41-42-44-46-48-51-54-57-60-63-66-72(75)78-69-70(68-77-71(74)65-62-59-56-53-50-21-18-15-12-9-6-3)79-73(76)67-64-61-58-55-52-49-47-45-43-40-31-29-27-25-23-20-17-14-11-8-5-2/h7,10,15-16,18-19,23-26,29-32,34-35,37-38,41-43,45-46,48,54,57,70H,4-6,8-9,11-14,17,20-22,27-28,33,36,39-40,44,47,49-53,55-56,58-69H2,1-3H3/b10-7-,18-15-,19-16-,25-23-,26-24-,31-29-,32-30-,35-34-,38-37-,42-41-,45-43-,48-46-,57-54-. The number of hydrogen-bond acceptors (Lipinski definition) is 6. The highest BCUT2D eigenvalue weighted by atomic mass is 16.6. The Balaban J connectivity index is 4.45. The van der Waals surface area contributed by atoms with Gasteiger partial charge < -0.3 is 14.2 Å². The van der Waals surface area contributed by atoms with Crippen LogP contribution in [-0.2, 0) is 28.6 Å². The van der Waals surface area contributed by atoms with Gasteiger partial charge in [-0.15, -0.1) is 0 Å². The zero-order valence-electron chi connectivity index (χ0n) is 50.8. The molecule has 0 aromatic heterocycles. The smallest absolute Gasteiger partial charge is 0.306 e. The second-order valence-electron chi connectivity index (χ2n) is 20.6. The number of carbonyl (C=O) groups excluding carboxylic acids is 3. The van der Waals surface area contributed by atoms with Gasteiger partial charge in [-0.2, -0.15) is 0 Å². The molecule has 6 heteroatoms. The third kappa shape index (κ3) is 63.7. The van der Waals surface area contributed by atoms with Crippen LogP contribution < -0.4 is 0 Å². The summed E-state index contributed by atoms with van der Waals surface area (Å²) in [6, 6.07) is 0. The topological polar surface area (TPSA) is 78.9 Å². The summed E-state index contributed by atoms with van der Waals surface area (Å²) < 4.78 is 16.8. The van der Waals surface area contributed by atoms with Crippen molar-refractivity contribution in [2.45, 2.75) is 271 Å². The van der Waals surface area contributed by atoms with Crippen molar-refractivity contribution in [2.75, 3.05) is 13.2 Å². The zero-order valence-corrected chi connectivity index (χ0v) is 50.8. The van der Waals surface area contributed by atoms with Crippen LogP contribution in [0.4, 0.5) is 0 Å². The molecular weight excluding hydrogens is 973 g/mol. The first-order chi connectivity index (χ1) is 39.0. The summed E-state index contributed by atoms with van der Waals surface area (Å²) in [6.07, 6.45) is 95.4. The van der Waals surface area contributed by atoms with Crippen molar-refractivity contribution in [3.8, 4) is 0 Å². The van der Waals surface area contributed by atoms with Gasteiger partial charge in [0.2, 0.25) is 0 Å². The molecule has 0 aromatic rings. The Hall–Kier alpha value is -4.97. The second kappa shape index (κ2) is 65.5. The van der Waals surface area contributed by atoms with Crippen molar-refractivity contribution in [1.29, 1.82) is 0 Å². The van der Waals surface area contributed by atoms with Crippen molar-refractivity contribution >= 4 is 17.9 Å². The molecule has 79 heavy (non-hydrogen) atoms. The van der Waals surface area contributed by atoms with E-state index in [-0.39, 0.29) is 37.5 Å². The van der Waals surface area contributed by atoms with E-state index in [0.29, 0.717) is 19.3 Å². The van der Waals surface area contributed by atoms with Crippen molar-refractivity contribution < 1.29 is 28.6 Å². The maximum atomic E-state index is 12.9. The molecule has 0 bridgehead atoms. The van der Waals surface area contributed by atoms with E-state index in [1.54, 1.807) is 0 Å². The average molecular weight is 1090 g/mol. The molecule has 444 valence electrons. The summed E-state index contributed by atoms with van der Waals surface area (Å²) in [5.74, 6) is -1.00. The first kappa shape index (κ1) is 74.0. The van der Waals surface area contributed by atoms with Crippen LogP contribution >= 0.6 is 0 Å². The van der Waals surface area contributed by atoms with E-state index in [1.165, 1.54) is 77.0 Å². The number of carbonyl (C=O) groups is 3. The van der Waals surface area contributed by atoms with Gasteiger partial charge in [0.1, 0.15) is 13.2 Å². The molecule has 0 radical (unpaired) electrons. The van der Waals surface area contributed by atoms with Crippen molar-refractivity contribution in [3.05, 3.63) is 158 Å². The average Bonchev–Trinajstić information content (AvgIpc) is 3.45. The summed E-state index contributed by atoms with van der Waals surface area (Å²) in [7, 11) is 0. The van der Waals surface area contributed by atoms with Crippen LogP contribution in [0.2, 0.25) is 0 Å². The maximum Gasteiger partial charge on any atom is 0.306 e. The number of rotatable bonds is 56. The minimum absolute atomic E-state index is 0.112. The predicted octanol–water partition coefficient (Wildman–Crippen LogP) is 22.1. The normalized spacial score (nSPS) is 13.2.